The highest BCUT2D eigenvalue weighted by atomic mass is 35.5. The fourth-order valence-corrected chi connectivity index (χ4v) is 4.56. The Morgan fingerprint density at radius 2 is 1.97 bits per heavy atom. The van der Waals surface area contributed by atoms with E-state index in [1.807, 2.05) is 11.6 Å². The van der Waals surface area contributed by atoms with Crippen LogP contribution < -0.4 is 5.32 Å². The molecular weight excluding hydrogens is 412 g/mol. The Hall–Kier alpha value is -2.52. The van der Waals surface area contributed by atoms with Crippen molar-refractivity contribution >= 4 is 39.6 Å². The number of rotatable bonds is 4. The Bertz CT molecular complexity index is 1080. The normalized spacial score (nSPS) is 17.6. The first-order chi connectivity index (χ1) is 14.1. The third kappa shape index (κ3) is 3.72. The Kier molecular flexibility index (Phi) is 4.71. The Labute approximate surface area is 175 Å². The van der Waals surface area contributed by atoms with Crippen LogP contribution in [0.4, 0.5) is 0 Å². The topological polar surface area (TPSA) is 92.5 Å². The summed E-state index contributed by atoms with van der Waals surface area (Å²) < 4.78 is 1.74. The number of amides is 2. The zero-order valence-corrected chi connectivity index (χ0v) is 17.1. The van der Waals surface area contributed by atoms with Gasteiger partial charge in [0.2, 0.25) is 5.91 Å². The van der Waals surface area contributed by atoms with Crippen molar-refractivity contribution in [2.24, 2.45) is 5.92 Å². The van der Waals surface area contributed by atoms with Gasteiger partial charge in [0, 0.05) is 42.7 Å². The van der Waals surface area contributed by atoms with E-state index in [0.717, 1.165) is 36.1 Å². The van der Waals surface area contributed by atoms with Crippen LogP contribution in [0.15, 0.2) is 23.8 Å². The van der Waals surface area contributed by atoms with Crippen LogP contribution in [-0.2, 0) is 4.79 Å². The second kappa shape index (κ2) is 7.38. The molecule has 1 aliphatic heterocycles. The SMILES string of the molecule is O=C(NC1CCN(C(=O)c2cc(Cl)nc(-c3cnn4ccsc34)n2)CC1)C1CC1. The summed E-state index contributed by atoms with van der Waals surface area (Å²) in [5.74, 6) is 0.583. The smallest absolute Gasteiger partial charge is 0.272 e. The summed E-state index contributed by atoms with van der Waals surface area (Å²) in [6.07, 6.45) is 7.01. The first-order valence-corrected chi connectivity index (χ1v) is 10.9. The molecule has 2 fully saturated rings. The number of piperidine rings is 1. The molecule has 1 saturated carbocycles. The van der Waals surface area contributed by atoms with Crippen molar-refractivity contribution in [3.05, 3.63) is 34.7 Å². The van der Waals surface area contributed by atoms with E-state index >= 15 is 0 Å². The van der Waals surface area contributed by atoms with E-state index in [4.69, 9.17) is 11.6 Å². The minimum atomic E-state index is -0.169. The molecule has 8 nitrogen and oxygen atoms in total. The lowest BCUT2D eigenvalue weighted by molar-refractivity contribution is -0.123. The van der Waals surface area contributed by atoms with Crippen LogP contribution in [0.3, 0.4) is 0 Å². The fourth-order valence-electron chi connectivity index (χ4n) is 3.58. The minimum absolute atomic E-state index is 0.135. The lowest BCUT2D eigenvalue weighted by atomic mass is 10.0. The highest BCUT2D eigenvalue weighted by Crippen LogP contribution is 2.29. The van der Waals surface area contributed by atoms with E-state index in [0.29, 0.717) is 18.9 Å². The van der Waals surface area contributed by atoms with Gasteiger partial charge in [-0.25, -0.2) is 14.5 Å². The van der Waals surface area contributed by atoms with Crippen LogP contribution in [0.5, 0.6) is 0 Å². The standard InChI is InChI=1S/C19H19ClN6O2S/c20-15-9-14(23-16(24-15)13-10-21-26-7-8-29-19(13)26)18(28)25-5-3-12(4-6-25)22-17(27)11-1-2-11/h7-12H,1-6H2,(H,22,27). The highest BCUT2D eigenvalue weighted by molar-refractivity contribution is 7.16. The number of carbonyl (C=O) groups excluding carboxylic acids is 2. The molecule has 3 aromatic rings. The average Bonchev–Trinajstić information content (AvgIpc) is 3.34. The summed E-state index contributed by atoms with van der Waals surface area (Å²) in [6, 6.07) is 1.64. The van der Waals surface area contributed by atoms with Gasteiger partial charge in [-0.3, -0.25) is 9.59 Å². The van der Waals surface area contributed by atoms with Crippen LogP contribution >= 0.6 is 22.9 Å². The summed E-state index contributed by atoms with van der Waals surface area (Å²) in [4.78, 5) is 36.4. The van der Waals surface area contributed by atoms with Gasteiger partial charge >= 0.3 is 0 Å². The van der Waals surface area contributed by atoms with Gasteiger partial charge in [-0.1, -0.05) is 11.6 Å². The lowest BCUT2D eigenvalue weighted by Gasteiger charge is -2.32. The van der Waals surface area contributed by atoms with Gasteiger partial charge in [0.25, 0.3) is 5.91 Å². The van der Waals surface area contributed by atoms with Gasteiger partial charge in [0.15, 0.2) is 5.82 Å². The van der Waals surface area contributed by atoms with Crippen molar-refractivity contribution < 1.29 is 9.59 Å². The first kappa shape index (κ1) is 18.5. The third-order valence-corrected chi connectivity index (χ3v) is 6.44. The molecule has 0 atom stereocenters. The number of halogens is 1. The monoisotopic (exact) mass is 430 g/mol. The number of aromatic nitrogens is 4. The van der Waals surface area contributed by atoms with Gasteiger partial charge in [-0.05, 0) is 25.7 Å². The van der Waals surface area contributed by atoms with E-state index in [2.05, 4.69) is 20.4 Å². The quantitative estimate of drug-likeness (QED) is 0.642. The molecule has 10 heteroatoms. The molecule has 0 aromatic carbocycles. The Morgan fingerprint density at radius 1 is 1.17 bits per heavy atom. The molecular formula is C19H19ClN6O2S. The van der Waals surface area contributed by atoms with E-state index < -0.39 is 0 Å². The molecule has 5 rings (SSSR count). The zero-order chi connectivity index (χ0) is 20.0. The summed E-state index contributed by atoms with van der Waals surface area (Å²) in [6.45, 7) is 1.16. The Balaban J connectivity index is 1.31. The maximum Gasteiger partial charge on any atom is 0.272 e. The van der Waals surface area contributed by atoms with Gasteiger partial charge in [0.05, 0.1) is 11.8 Å². The van der Waals surface area contributed by atoms with E-state index in [9.17, 15) is 9.59 Å². The van der Waals surface area contributed by atoms with Gasteiger partial charge in [-0.15, -0.1) is 11.3 Å². The largest absolute Gasteiger partial charge is 0.353 e. The number of hydrogen-bond donors (Lipinski definition) is 1. The summed E-state index contributed by atoms with van der Waals surface area (Å²) in [5.41, 5.74) is 1.02. The van der Waals surface area contributed by atoms with Crippen molar-refractivity contribution in [3.8, 4) is 11.4 Å². The van der Waals surface area contributed by atoms with Crippen molar-refractivity contribution in [1.29, 1.82) is 0 Å². The fraction of sp³-hybridized carbons (Fsp3) is 0.421. The number of carbonyl (C=O) groups is 2. The number of thiazole rings is 1. The zero-order valence-electron chi connectivity index (χ0n) is 15.5. The molecule has 0 unspecified atom stereocenters. The molecule has 29 heavy (non-hydrogen) atoms. The second-order valence-electron chi connectivity index (χ2n) is 7.46. The molecule has 1 aliphatic carbocycles. The van der Waals surface area contributed by atoms with E-state index in [1.165, 1.54) is 17.4 Å². The van der Waals surface area contributed by atoms with Crippen molar-refractivity contribution in [1.82, 2.24) is 29.8 Å². The van der Waals surface area contributed by atoms with Crippen molar-refractivity contribution in [2.75, 3.05) is 13.1 Å². The molecule has 150 valence electrons. The number of fused-ring (bicyclic) bond motifs is 1. The van der Waals surface area contributed by atoms with Gasteiger partial charge in [0.1, 0.15) is 15.7 Å². The lowest BCUT2D eigenvalue weighted by Crippen LogP contribution is -2.47. The minimum Gasteiger partial charge on any atom is -0.353 e. The molecule has 2 aliphatic rings. The van der Waals surface area contributed by atoms with Crippen molar-refractivity contribution in [3.63, 3.8) is 0 Å². The van der Waals surface area contributed by atoms with E-state index in [-0.39, 0.29) is 34.6 Å². The molecule has 0 radical (unpaired) electrons. The van der Waals surface area contributed by atoms with Crippen LogP contribution in [0.25, 0.3) is 16.2 Å². The molecule has 4 heterocycles. The van der Waals surface area contributed by atoms with Crippen LogP contribution in [0.1, 0.15) is 36.2 Å². The predicted octanol–water partition coefficient (Wildman–Crippen LogP) is 2.64. The number of hydrogen-bond acceptors (Lipinski definition) is 6. The molecule has 1 saturated heterocycles. The number of likely N-dealkylation sites (tertiary alicyclic amines) is 1. The Morgan fingerprint density at radius 3 is 2.72 bits per heavy atom. The maximum atomic E-state index is 13.0. The van der Waals surface area contributed by atoms with Gasteiger partial charge < -0.3 is 10.2 Å². The summed E-state index contributed by atoms with van der Waals surface area (Å²) in [7, 11) is 0. The van der Waals surface area contributed by atoms with Crippen LogP contribution in [-0.4, -0.2) is 55.4 Å². The number of nitrogens with zero attached hydrogens (tertiary/aromatic N) is 5. The summed E-state index contributed by atoms with van der Waals surface area (Å²) >= 11 is 7.72. The van der Waals surface area contributed by atoms with Gasteiger partial charge in [-0.2, -0.15) is 5.10 Å². The average molecular weight is 431 g/mol. The highest BCUT2D eigenvalue weighted by Gasteiger charge is 2.32. The first-order valence-electron chi connectivity index (χ1n) is 9.64. The molecule has 2 amide bonds. The van der Waals surface area contributed by atoms with Crippen LogP contribution in [0, 0.1) is 5.92 Å². The second-order valence-corrected chi connectivity index (χ2v) is 8.74. The molecule has 0 bridgehead atoms. The molecule has 3 aromatic heterocycles. The predicted molar refractivity (Wildman–Crippen MR) is 109 cm³/mol. The maximum absolute atomic E-state index is 13.0. The number of nitrogens with one attached hydrogen (secondary N) is 1. The van der Waals surface area contributed by atoms with Crippen LogP contribution in [0.2, 0.25) is 5.15 Å². The third-order valence-electron chi connectivity index (χ3n) is 5.36. The molecule has 1 N–H and O–H groups in total. The van der Waals surface area contributed by atoms with E-state index in [1.54, 1.807) is 15.6 Å². The summed E-state index contributed by atoms with van der Waals surface area (Å²) in [5, 5.41) is 9.52. The molecule has 0 spiro atoms. The van der Waals surface area contributed by atoms with Crippen molar-refractivity contribution in [2.45, 2.75) is 31.7 Å².